The highest BCUT2D eigenvalue weighted by Crippen LogP contribution is 2.41. The van der Waals surface area contributed by atoms with E-state index in [-0.39, 0.29) is 11.1 Å². The summed E-state index contributed by atoms with van der Waals surface area (Å²) in [5.41, 5.74) is 4.13. The number of thiophene rings is 1. The number of hydrogen-bond acceptors (Lipinski definition) is 4. The van der Waals surface area contributed by atoms with Crippen molar-refractivity contribution >= 4 is 44.7 Å². The molecule has 6 heteroatoms. The van der Waals surface area contributed by atoms with Gasteiger partial charge in [0.05, 0.1) is 5.39 Å². The van der Waals surface area contributed by atoms with Gasteiger partial charge in [-0.3, -0.25) is 0 Å². The lowest BCUT2D eigenvalue weighted by atomic mass is 10.0. The number of halogens is 2. The van der Waals surface area contributed by atoms with Crippen LogP contribution in [0, 0.1) is 19.7 Å². The Balaban J connectivity index is 1.91. The van der Waals surface area contributed by atoms with Gasteiger partial charge in [-0.2, -0.15) is 4.98 Å². The van der Waals surface area contributed by atoms with Gasteiger partial charge >= 0.3 is 0 Å². The molecule has 2 aromatic carbocycles. The summed E-state index contributed by atoms with van der Waals surface area (Å²) in [4.78, 5) is 10.7. The van der Waals surface area contributed by atoms with E-state index in [1.54, 1.807) is 23.5 Å². The normalized spacial score (nSPS) is 11.1. The first kappa shape index (κ1) is 16.9. The molecule has 0 saturated heterocycles. The number of hydrogen-bond donors (Lipinski definition) is 1. The third kappa shape index (κ3) is 3.16. The molecule has 0 aliphatic heterocycles. The van der Waals surface area contributed by atoms with Crippen molar-refractivity contribution in [2.75, 3.05) is 5.32 Å². The molecule has 0 aliphatic carbocycles. The number of nitrogens with one attached hydrogen (secondary N) is 1. The summed E-state index contributed by atoms with van der Waals surface area (Å²) in [7, 11) is 0. The highest BCUT2D eigenvalue weighted by molar-refractivity contribution is 7.19. The molecule has 2 heterocycles. The molecule has 2 aromatic heterocycles. The van der Waals surface area contributed by atoms with Gasteiger partial charge in [0, 0.05) is 16.1 Å². The van der Waals surface area contributed by atoms with Crippen molar-refractivity contribution in [2.24, 2.45) is 0 Å². The molecule has 0 aliphatic rings. The van der Waals surface area contributed by atoms with Gasteiger partial charge < -0.3 is 5.32 Å². The van der Waals surface area contributed by atoms with Crippen LogP contribution in [0.3, 0.4) is 0 Å². The predicted octanol–water partition coefficient (Wildman–Crippen LogP) is 6.51. The maximum Gasteiger partial charge on any atom is 0.225 e. The number of fused-ring (bicyclic) bond motifs is 1. The van der Waals surface area contributed by atoms with Crippen LogP contribution in [0.1, 0.15) is 10.4 Å². The van der Waals surface area contributed by atoms with Crippen LogP contribution in [0.2, 0.25) is 5.28 Å². The van der Waals surface area contributed by atoms with E-state index in [1.807, 2.05) is 0 Å². The average molecular weight is 384 g/mol. The van der Waals surface area contributed by atoms with E-state index in [4.69, 9.17) is 11.6 Å². The summed E-state index contributed by atoms with van der Waals surface area (Å²) in [6.45, 7) is 4.13. The standard InChI is InChI=1S/C20H15ClFN3S/c1-11-3-5-13(6-4-11)16-12(2)26-19-17(16)18(24-20(21)25-19)23-15-9-7-14(22)8-10-15/h3-10H,1-2H3,(H,23,24,25). The van der Waals surface area contributed by atoms with Crippen LogP contribution >= 0.6 is 22.9 Å². The zero-order valence-electron chi connectivity index (χ0n) is 14.2. The Morgan fingerprint density at radius 1 is 0.962 bits per heavy atom. The quantitative estimate of drug-likeness (QED) is 0.410. The Hall–Kier alpha value is -2.50. The van der Waals surface area contributed by atoms with Crippen molar-refractivity contribution in [1.82, 2.24) is 9.97 Å². The molecule has 1 N–H and O–H groups in total. The summed E-state index contributed by atoms with van der Waals surface area (Å²) in [5, 5.41) is 4.36. The third-order valence-corrected chi connectivity index (χ3v) is 5.32. The van der Waals surface area contributed by atoms with Crippen molar-refractivity contribution in [3.63, 3.8) is 0 Å². The van der Waals surface area contributed by atoms with Crippen LogP contribution in [-0.2, 0) is 0 Å². The van der Waals surface area contributed by atoms with Crippen molar-refractivity contribution in [1.29, 1.82) is 0 Å². The van der Waals surface area contributed by atoms with Crippen molar-refractivity contribution in [3.8, 4) is 11.1 Å². The zero-order chi connectivity index (χ0) is 18.3. The van der Waals surface area contributed by atoms with Crippen LogP contribution in [0.25, 0.3) is 21.3 Å². The predicted molar refractivity (Wildman–Crippen MR) is 107 cm³/mol. The van der Waals surface area contributed by atoms with Gasteiger partial charge in [-0.25, -0.2) is 9.37 Å². The van der Waals surface area contributed by atoms with Crippen LogP contribution in [0.5, 0.6) is 0 Å². The third-order valence-electron chi connectivity index (χ3n) is 4.15. The number of anilines is 2. The van der Waals surface area contributed by atoms with Gasteiger partial charge in [-0.1, -0.05) is 29.8 Å². The van der Waals surface area contributed by atoms with Gasteiger partial charge in [0.25, 0.3) is 0 Å². The summed E-state index contributed by atoms with van der Waals surface area (Å²) < 4.78 is 13.2. The van der Waals surface area contributed by atoms with E-state index in [9.17, 15) is 4.39 Å². The summed E-state index contributed by atoms with van der Waals surface area (Å²) >= 11 is 7.71. The topological polar surface area (TPSA) is 37.8 Å². The molecular formula is C20H15ClFN3S. The summed E-state index contributed by atoms with van der Waals surface area (Å²) in [6.07, 6.45) is 0. The van der Waals surface area contributed by atoms with Crippen LogP contribution in [0.4, 0.5) is 15.9 Å². The Kier molecular flexibility index (Phi) is 4.34. The Morgan fingerprint density at radius 2 is 1.65 bits per heavy atom. The smallest absolute Gasteiger partial charge is 0.225 e. The molecular weight excluding hydrogens is 369 g/mol. The zero-order valence-corrected chi connectivity index (χ0v) is 15.7. The minimum absolute atomic E-state index is 0.179. The monoisotopic (exact) mass is 383 g/mol. The Morgan fingerprint density at radius 3 is 2.35 bits per heavy atom. The maximum absolute atomic E-state index is 13.2. The SMILES string of the molecule is Cc1ccc(-c2c(C)sc3nc(Cl)nc(Nc4ccc(F)cc4)c23)cc1. The van der Waals surface area contributed by atoms with Crippen LogP contribution in [-0.4, -0.2) is 9.97 Å². The molecule has 0 unspecified atom stereocenters. The Bertz CT molecular complexity index is 1090. The fraction of sp³-hybridized carbons (Fsp3) is 0.100. The Labute approximate surface area is 159 Å². The number of aryl methyl sites for hydroxylation is 2. The van der Waals surface area contributed by atoms with Crippen molar-refractivity contribution in [2.45, 2.75) is 13.8 Å². The summed E-state index contributed by atoms with van der Waals surface area (Å²) in [5.74, 6) is 0.333. The highest BCUT2D eigenvalue weighted by atomic mass is 35.5. The van der Waals surface area contributed by atoms with E-state index in [0.717, 1.165) is 31.9 Å². The molecule has 0 fully saturated rings. The van der Waals surface area contributed by atoms with Crippen LogP contribution in [0.15, 0.2) is 48.5 Å². The lowest BCUT2D eigenvalue weighted by molar-refractivity contribution is 0.628. The number of nitrogens with zero attached hydrogens (tertiary/aromatic N) is 2. The highest BCUT2D eigenvalue weighted by Gasteiger charge is 2.18. The fourth-order valence-corrected chi connectivity index (χ4v) is 4.18. The molecule has 0 bridgehead atoms. The van der Waals surface area contributed by atoms with E-state index >= 15 is 0 Å². The first-order valence-electron chi connectivity index (χ1n) is 8.07. The van der Waals surface area contributed by atoms with E-state index < -0.39 is 0 Å². The fourth-order valence-electron chi connectivity index (χ4n) is 2.91. The van der Waals surface area contributed by atoms with E-state index in [2.05, 4.69) is 53.4 Å². The van der Waals surface area contributed by atoms with Crippen molar-refractivity contribution < 1.29 is 4.39 Å². The first-order chi connectivity index (χ1) is 12.5. The maximum atomic E-state index is 13.2. The van der Waals surface area contributed by atoms with Crippen molar-refractivity contribution in [3.05, 3.63) is 70.1 Å². The van der Waals surface area contributed by atoms with Crippen LogP contribution < -0.4 is 5.32 Å². The molecule has 0 radical (unpaired) electrons. The van der Waals surface area contributed by atoms with Gasteiger partial charge in [0.2, 0.25) is 5.28 Å². The average Bonchev–Trinajstić information content (AvgIpc) is 2.93. The molecule has 0 saturated carbocycles. The largest absolute Gasteiger partial charge is 0.340 e. The molecule has 3 nitrogen and oxygen atoms in total. The molecule has 0 spiro atoms. The second-order valence-electron chi connectivity index (χ2n) is 6.05. The minimum Gasteiger partial charge on any atom is -0.340 e. The molecule has 130 valence electrons. The lowest BCUT2D eigenvalue weighted by Gasteiger charge is -2.10. The van der Waals surface area contributed by atoms with E-state index in [1.165, 1.54) is 17.7 Å². The molecule has 26 heavy (non-hydrogen) atoms. The van der Waals surface area contributed by atoms with Gasteiger partial charge in [-0.05, 0) is 55.3 Å². The number of benzene rings is 2. The minimum atomic E-state index is -0.284. The molecule has 4 aromatic rings. The van der Waals surface area contributed by atoms with Gasteiger partial charge in [0.15, 0.2) is 0 Å². The number of rotatable bonds is 3. The summed E-state index contributed by atoms with van der Waals surface area (Å²) in [6, 6.07) is 14.5. The molecule has 0 atom stereocenters. The molecule has 0 amide bonds. The number of aromatic nitrogens is 2. The molecule has 4 rings (SSSR count). The second kappa shape index (κ2) is 6.67. The lowest BCUT2D eigenvalue weighted by Crippen LogP contribution is -1.97. The second-order valence-corrected chi connectivity index (χ2v) is 7.59. The first-order valence-corrected chi connectivity index (χ1v) is 9.27. The van der Waals surface area contributed by atoms with Gasteiger partial charge in [0.1, 0.15) is 16.5 Å². The van der Waals surface area contributed by atoms with Gasteiger partial charge in [-0.15, -0.1) is 11.3 Å². The van der Waals surface area contributed by atoms with E-state index in [0.29, 0.717) is 5.82 Å².